The second-order valence-electron chi connectivity index (χ2n) is 14.6. The van der Waals surface area contributed by atoms with Crippen LogP contribution in [0.25, 0.3) is 11.0 Å². The van der Waals surface area contributed by atoms with Crippen molar-refractivity contribution >= 4 is 44.8 Å². The molecule has 2 heterocycles. The van der Waals surface area contributed by atoms with E-state index in [4.69, 9.17) is 18.7 Å². The van der Waals surface area contributed by atoms with Gasteiger partial charge in [0.25, 0.3) is 11.8 Å². The molecule has 16 heteroatoms. The molecule has 4 rings (SSSR count). The number of ether oxygens (including phenoxy) is 3. The van der Waals surface area contributed by atoms with Gasteiger partial charge in [-0.1, -0.05) is 33.8 Å². The molecule has 2 aliphatic rings. The van der Waals surface area contributed by atoms with Gasteiger partial charge < -0.3 is 34.3 Å². The Morgan fingerprint density at radius 2 is 1.78 bits per heavy atom. The molecule has 2 aromatic rings. The van der Waals surface area contributed by atoms with Crippen LogP contribution >= 0.6 is 0 Å². The molecule has 3 N–H and O–H groups in total. The second-order valence-corrected chi connectivity index (χ2v) is 16.5. The van der Waals surface area contributed by atoms with Crippen molar-refractivity contribution in [3.8, 4) is 11.6 Å². The van der Waals surface area contributed by atoms with Crippen molar-refractivity contribution in [2.75, 3.05) is 13.7 Å². The zero-order chi connectivity index (χ0) is 36.5. The summed E-state index contributed by atoms with van der Waals surface area (Å²) in [5, 5.41) is 9.23. The molecule has 1 saturated heterocycles. The number of benzene rings is 1. The van der Waals surface area contributed by atoms with Gasteiger partial charge in [0.05, 0.1) is 24.3 Å². The van der Waals surface area contributed by atoms with Gasteiger partial charge in [0, 0.05) is 18.4 Å². The van der Waals surface area contributed by atoms with Gasteiger partial charge in [-0.2, -0.15) is 0 Å². The Hall–Kier alpha value is -4.34. The van der Waals surface area contributed by atoms with Crippen molar-refractivity contribution < 1.29 is 46.3 Å². The van der Waals surface area contributed by atoms with Crippen LogP contribution in [0.2, 0.25) is 0 Å². The Morgan fingerprint density at radius 1 is 1.10 bits per heavy atom. The highest BCUT2D eigenvalue weighted by molar-refractivity contribution is 7.90. The molecule has 270 valence electrons. The number of carbonyl (C=O) groups excluding carboxylic acids is 4. The zero-order valence-electron chi connectivity index (χ0n) is 29.2. The summed E-state index contributed by atoms with van der Waals surface area (Å²) >= 11 is 0. The fourth-order valence-corrected chi connectivity index (χ4v) is 6.70. The van der Waals surface area contributed by atoms with E-state index in [-0.39, 0.29) is 18.8 Å². The standard InChI is InChI=1S/C33H47N5O10S/c1-10-18(2)25(28(40)37-49(43,44)21-12-13-21)34-27(39)23-15-20(46-29-22-14-11-19(45-9)16-24(22)48-36-29)17-38(23)30(41)26(32(3,4)5)35-31(42)47-33(6,7)8/h10-11,14,16,18,20-21,23,25-26H,1,12-13,15,17H2,2-9H3,(H,34,39)(H,35,42)(H,37,40)/t18?,20-,23+,25-,26?/m1/s1. The lowest BCUT2D eigenvalue weighted by Crippen LogP contribution is -2.60. The van der Waals surface area contributed by atoms with Gasteiger partial charge >= 0.3 is 6.09 Å². The van der Waals surface area contributed by atoms with E-state index in [0.717, 1.165) is 0 Å². The number of nitrogens with zero attached hydrogens (tertiary/aromatic N) is 2. The minimum Gasteiger partial charge on any atom is -0.497 e. The van der Waals surface area contributed by atoms with Gasteiger partial charge in [0.1, 0.15) is 35.6 Å². The van der Waals surface area contributed by atoms with Crippen LogP contribution in [0.1, 0.15) is 67.7 Å². The van der Waals surface area contributed by atoms with E-state index in [1.54, 1.807) is 66.7 Å². The Morgan fingerprint density at radius 3 is 2.35 bits per heavy atom. The molecule has 0 spiro atoms. The molecule has 4 amide bonds. The second kappa shape index (κ2) is 14.3. The zero-order valence-corrected chi connectivity index (χ0v) is 30.0. The molecular formula is C33H47N5O10S. The number of amides is 4. The molecule has 1 aliphatic heterocycles. The van der Waals surface area contributed by atoms with E-state index < -0.39 is 80.3 Å². The summed E-state index contributed by atoms with van der Waals surface area (Å²) in [6.45, 7) is 15.6. The smallest absolute Gasteiger partial charge is 0.408 e. The van der Waals surface area contributed by atoms with Crippen LogP contribution in [0.3, 0.4) is 0 Å². The fourth-order valence-electron chi connectivity index (χ4n) is 5.37. The largest absolute Gasteiger partial charge is 0.497 e. The van der Waals surface area contributed by atoms with E-state index >= 15 is 0 Å². The summed E-state index contributed by atoms with van der Waals surface area (Å²) < 4.78 is 49.5. The average Bonchev–Trinajstić information content (AvgIpc) is 3.69. The van der Waals surface area contributed by atoms with Gasteiger partial charge in [0.2, 0.25) is 21.8 Å². The number of sulfonamides is 1. The number of aromatic nitrogens is 1. The van der Waals surface area contributed by atoms with Crippen molar-refractivity contribution in [2.24, 2.45) is 11.3 Å². The number of fused-ring (bicyclic) bond motifs is 1. The molecule has 49 heavy (non-hydrogen) atoms. The SMILES string of the molecule is C=CC(C)[C@@H](NC(=O)[C@@H]1C[C@@H](Oc2noc3cc(OC)ccc23)CN1C(=O)C(NC(=O)OC(C)(C)C)C(C)(C)C)C(=O)NS(=O)(=O)C1CC1. The normalized spacial score (nSPS) is 20.1. The highest BCUT2D eigenvalue weighted by Crippen LogP contribution is 2.33. The number of hydrogen-bond donors (Lipinski definition) is 3. The lowest BCUT2D eigenvalue weighted by molar-refractivity contribution is -0.142. The van der Waals surface area contributed by atoms with Crippen molar-refractivity contribution in [1.82, 2.24) is 25.4 Å². The van der Waals surface area contributed by atoms with Crippen LogP contribution in [-0.4, -0.2) is 91.0 Å². The summed E-state index contributed by atoms with van der Waals surface area (Å²) in [4.78, 5) is 55.7. The number of alkyl carbamates (subject to hydrolysis) is 1. The Balaban J connectivity index is 1.64. The third kappa shape index (κ3) is 9.22. The first-order valence-electron chi connectivity index (χ1n) is 16.1. The lowest BCUT2D eigenvalue weighted by Gasteiger charge is -2.36. The van der Waals surface area contributed by atoms with Crippen LogP contribution in [-0.2, 0) is 29.1 Å². The summed E-state index contributed by atoms with van der Waals surface area (Å²) in [7, 11) is -2.39. The van der Waals surface area contributed by atoms with Gasteiger partial charge in [-0.3, -0.25) is 19.1 Å². The Labute approximate surface area is 286 Å². The Kier molecular flexibility index (Phi) is 10.9. The predicted octanol–water partition coefficient (Wildman–Crippen LogP) is 3.04. The van der Waals surface area contributed by atoms with Crippen LogP contribution in [0.4, 0.5) is 4.79 Å². The number of carbonyl (C=O) groups is 4. The predicted molar refractivity (Wildman–Crippen MR) is 179 cm³/mol. The monoisotopic (exact) mass is 705 g/mol. The fraction of sp³-hybridized carbons (Fsp3) is 0.606. The van der Waals surface area contributed by atoms with E-state index in [1.165, 1.54) is 18.1 Å². The summed E-state index contributed by atoms with van der Waals surface area (Å²) in [6, 6.07) is 1.42. The van der Waals surface area contributed by atoms with Crippen LogP contribution in [0.15, 0.2) is 35.4 Å². The van der Waals surface area contributed by atoms with Crippen molar-refractivity contribution in [2.45, 2.75) is 103 Å². The van der Waals surface area contributed by atoms with Gasteiger partial charge in [-0.05, 0) is 56.3 Å². The number of likely N-dealkylation sites (tertiary alicyclic amines) is 1. The first-order chi connectivity index (χ1) is 22.7. The van der Waals surface area contributed by atoms with Gasteiger partial charge in [-0.15, -0.1) is 6.58 Å². The first kappa shape index (κ1) is 37.5. The van der Waals surface area contributed by atoms with Crippen molar-refractivity contribution in [1.29, 1.82) is 0 Å². The third-order valence-electron chi connectivity index (χ3n) is 8.23. The molecule has 1 saturated carbocycles. The summed E-state index contributed by atoms with van der Waals surface area (Å²) in [5.41, 5.74) is -1.26. The van der Waals surface area contributed by atoms with Crippen LogP contribution in [0, 0.1) is 11.3 Å². The van der Waals surface area contributed by atoms with Crippen LogP contribution in [0.5, 0.6) is 11.6 Å². The molecule has 5 atom stereocenters. The quantitative estimate of drug-likeness (QED) is 0.275. The third-order valence-corrected chi connectivity index (χ3v) is 10.1. The number of hydrogen-bond acceptors (Lipinski definition) is 11. The maximum absolute atomic E-state index is 14.3. The van der Waals surface area contributed by atoms with E-state index in [1.807, 2.05) is 0 Å². The molecule has 2 unspecified atom stereocenters. The highest BCUT2D eigenvalue weighted by Gasteiger charge is 2.47. The molecule has 15 nitrogen and oxygen atoms in total. The lowest BCUT2D eigenvalue weighted by atomic mass is 9.85. The maximum atomic E-state index is 14.3. The number of nitrogens with one attached hydrogen (secondary N) is 3. The molecule has 1 aliphatic carbocycles. The molecular weight excluding hydrogens is 658 g/mol. The first-order valence-corrected chi connectivity index (χ1v) is 17.7. The molecule has 0 radical (unpaired) electrons. The highest BCUT2D eigenvalue weighted by atomic mass is 32.2. The minimum atomic E-state index is -3.91. The minimum absolute atomic E-state index is 0.0252. The van der Waals surface area contributed by atoms with Crippen molar-refractivity contribution in [3.63, 3.8) is 0 Å². The number of rotatable bonds is 12. The van der Waals surface area contributed by atoms with Gasteiger partial charge in [-0.25, -0.2) is 13.2 Å². The van der Waals surface area contributed by atoms with E-state index in [2.05, 4.69) is 27.1 Å². The molecule has 1 aromatic carbocycles. The topological polar surface area (TPSA) is 195 Å². The summed E-state index contributed by atoms with van der Waals surface area (Å²) in [6.07, 6.45) is 0.698. The van der Waals surface area contributed by atoms with Crippen LogP contribution < -0.4 is 24.8 Å². The Bertz CT molecular complexity index is 1690. The molecule has 1 aromatic heterocycles. The number of methoxy groups -OCH3 is 1. The molecule has 0 bridgehead atoms. The van der Waals surface area contributed by atoms with E-state index in [0.29, 0.717) is 29.6 Å². The summed E-state index contributed by atoms with van der Waals surface area (Å²) in [5.74, 6) is -2.22. The average molecular weight is 706 g/mol. The van der Waals surface area contributed by atoms with Crippen molar-refractivity contribution in [3.05, 3.63) is 30.9 Å². The van der Waals surface area contributed by atoms with Gasteiger partial charge in [0.15, 0.2) is 5.58 Å². The maximum Gasteiger partial charge on any atom is 0.408 e. The molecule has 2 fully saturated rings. The van der Waals surface area contributed by atoms with E-state index in [9.17, 15) is 27.6 Å².